The van der Waals surface area contributed by atoms with Crippen LogP contribution in [-0.2, 0) is 4.74 Å². The van der Waals surface area contributed by atoms with Crippen LogP contribution >= 0.6 is 0 Å². The fourth-order valence-corrected chi connectivity index (χ4v) is 8.25. The Morgan fingerprint density at radius 1 is 1.00 bits per heavy atom. The van der Waals surface area contributed by atoms with Gasteiger partial charge in [0.1, 0.15) is 0 Å². The molecule has 0 aromatic carbocycles. The smallest absolute Gasteiger partial charge is 0.0710 e. The lowest BCUT2D eigenvalue weighted by molar-refractivity contribution is -0.108. The van der Waals surface area contributed by atoms with Crippen molar-refractivity contribution in [2.24, 2.45) is 5.92 Å². The van der Waals surface area contributed by atoms with Gasteiger partial charge >= 0.3 is 0 Å². The van der Waals surface area contributed by atoms with Crippen molar-refractivity contribution < 1.29 is 4.74 Å². The van der Waals surface area contributed by atoms with Crippen LogP contribution < -0.4 is 0 Å². The Labute approximate surface area is 128 Å². The largest absolute Gasteiger partial charge is 0.375 e. The molecule has 1 aliphatic carbocycles. The maximum atomic E-state index is 6.36. The van der Waals surface area contributed by atoms with Crippen molar-refractivity contribution in [1.29, 1.82) is 0 Å². The minimum Gasteiger partial charge on any atom is -0.375 e. The molecule has 0 bridgehead atoms. The quantitative estimate of drug-likeness (QED) is 0.442. The third kappa shape index (κ3) is 4.33. The fourth-order valence-electron chi connectivity index (χ4n) is 4.77. The summed E-state index contributed by atoms with van der Waals surface area (Å²) in [4.78, 5) is 0. The predicted molar refractivity (Wildman–Crippen MR) is 91.3 cm³/mol. The molecule has 1 saturated heterocycles. The van der Waals surface area contributed by atoms with Crippen LogP contribution in [0.2, 0.25) is 18.1 Å². The number of hydrogen-bond acceptors (Lipinski definition) is 1. The molecule has 1 aliphatic heterocycles. The van der Waals surface area contributed by atoms with Gasteiger partial charge in [0.15, 0.2) is 0 Å². The summed E-state index contributed by atoms with van der Waals surface area (Å²) in [5.74, 6) is 0.901. The highest BCUT2D eigenvalue weighted by molar-refractivity contribution is 6.58. The molecule has 0 N–H and O–H groups in total. The molecule has 0 aromatic heterocycles. The van der Waals surface area contributed by atoms with Crippen LogP contribution in [-0.4, -0.2) is 21.0 Å². The van der Waals surface area contributed by atoms with Crippen molar-refractivity contribution in [1.82, 2.24) is 0 Å². The Kier molecular flexibility index (Phi) is 7.10. The SMILES string of the molecule is CCCCC[Si@H]1CC[C@H](C2(OCC)CCCCC2)CC1. The number of hydrogen-bond donors (Lipinski definition) is 0. The Bertz CT molecular complexity index is 247. The zero-order valence-corrected chi connectivity index (χ0v) is 15.1. The zero-order valence-electron chi connectivity index (χ0n) is 14.0. The molecule has 2 aliphatic rings. The van der Waals surface area contributed by atoms with Crippen LogP contribution in [0.3, 0.4) is 0 Å². The maximum Gasteiger partial charge on any atom is 0.0710 e. The van der Waals surface area contributed by atoms with E-state index in [4.69, 9.17) is 4.74 Å². The van der Waals surface area contributed by atoms with Crippen molar-refractivity contribution in [2.75, 3.05) is 6.61 Å². The van der Waals surface area contributed by atoms with Gasteiger partial charge in [0, 0.05) is 15.4 Å². The fraction of sp³-hybridized carbons (Fsp3) is 1.00. The van der Waals surface area contributed by atoms with Gasteiger partial charge in [0.2, 0.25) is 0 Å². The number of unbranched alkanes of at least 4 members (excludes halogenated alkanes) is 2. The van der Waals surface area contributed by atoms with Crippen molar-refractivity contribution in [3.8, 4) is 0 Å². The molecule has 2 fully saturated rings. The molecule has 118 valence electrons. The molecule has 0 unspecified atom stereocenters. The highest BCUT2D eigenvalue weighted by Crippen LogP contribution is 2.45. The van der Waals surface area contributed by atoms with Crippen molar-refractivity contribution in [3.63, 3.8) is 0 Å². The highest BCUT2D eigenvalue weighted by atomic mass is 28.3. The monoisotopic (exact) mass is 296 g/mol. The van der Waals surface area contributed by atoms with E-state index in [1.807, 2.05) is 0 Å². The summed E-state index contributed by atoms with van der Waals surface area (Å²) in [6.07, 6.45) is 14.4. The van der Waals surface area contributed by atoms with Gasteiger partial charge in [0.25, 0.3) is 0 Å². The van der Waals surface area contributed by atoms with Gasteiger partial charge in [-0.1, -0.05) is 76.4 Å². The third-order valence-corrected chi connectivity index (χ3v) is 9.46. The predicted octanol–water partition coefficient (Wildman–Crippen LogP) is 5.55. The van der Waals surface area contributed by atoms with E-state index in [0.717, 1.165) is 12.5 Å². The summed E-state index contributed by atoms with van der Waals surface area (Å²) in [5, 5.41) is 0. The van der Waals surface area contributed by atoms with Gasteiger partial charge in [-0.3, -0.25) is 0 Å². The second-order valence-electron chi connectivity index (χ2n) is 7.27. The summed E-state index contributed by atoms with van der Waals surface area (Å²) in [6.45, 7) is 5.45. The van der Waals surface area contributed by atoms with Crippen LogP contribution in [0, 0.1) is 5.92 Å². The molecule has 0 radical (unpaired) electrons. The van der Waals surface area contributed by atoms with Crippen molar-refractivity contribution >= 4 is 8.80 Å². The van der Waals surface area contributed by atoms with Crippen LogP contribution in [0.25, 0.3) is 0 Å². The van der Waals surface area contributed by atoms with Gasteiger partial charge in [-0.15, -0.1) is 0 Å². The molecular formula is C18H36OSi. The minimum absolute atomic E-state index is 0.301. The average Bonchev–Trinajstić information content (AvgIpc) is 2.49. The Morgan fingerprint density at radius 2 is 1.70 bits per heavy atom. The molecule has 1 nitrogen and oxygen atoms in total. The molecule has 0 aromatic rings. The Balaban J connectivity index is 1.81. The van der Waals surface area contributed by atoms with Crippen molar-refractivity contribution in [2.45, 2.75) is 102 Å². The first-order valence-corrected chi connectivity index (χ1v) is 11.9. The number of rotatable bonds is 7. The molecule has 20 heavy (non-hydrogen) atoms. The second kappa shape index (κ2) is 8.58. The van der Waals surface area contributed by atoms with E-state index in [1.165, 1.54) is 64.2 Å². The number of ether oxygens (including phenoxy) is 1. The molecule has 2 heteroatoms. The van der Waals surface area contributed by atoms with E-state index in [1.54, 1.807) is 18.1 Å². The molecule has 1 saturated carbocycles. The molecule has 0 spiro atoms. The lowest BCUT2D eigenvalue weighted by atomic mass is 9.73. The van der Waals surface area contributed by atoms with E-state index in [0.29, 0.717) is 5.60 Å². The van der Waals surface area contributed by atoms with Gasteiger partial charge in [0.05, 0.1) is 5.60 Å². The average molecular weight is 297 g/mol. The van der Waals surface area contributed by atoms with E-state index >= 15 is 0 Å². The molecule has 1 heterocycles. The first kappa shape index (κ1) is 16.5. The molecule has 2 rings (SSSR count). The lowest BCUT2D eigenvalue weighted by Gasteiger charge is -2.46. The Hall–Kier alpha value is 0.177. The summed E-state index contributed by atoms with van der Waals surface area (Å²) in [6, 6.07) is 4.86. The highest BCUT2D eigenvalue weighted by Gasteiger charge is 2.41. The first-order chi connectivity index (χ1) is 9.80. The van der Waals surface area contributed by atoms with E-state index in [2.05, 4.69) is 13.8 Å². The van der Waals surface area contributed by atoms with Crippen LogP contribution in [0.15, 0.2) is 0 Å². The van der Waals surface area contributed by atoms with Gasteiger partial charge in [-0.05, 0) is 25.7 Å². The topological polar surface area (TPSA) is 9.23 Å². The molecular weight excluding hydrogens is 260 g/mol. The Morgan fingerprint density at radius 3 is 2.30 bits per heavy atom. The van der Waals surface area contributed by atoms with Crippen LogP contribution in [0.1, 0.15) is 78.1 Å². The first-order valence-electron chi connectivity index (χ1n) is 9.44. The molecule has 0 amide bonds. The summed E-state index contributed by atoms with van der Waals surface area (Å²) >= 11 is 0. The second-order valence-corrected chi connectivity index (χ2v) is 10.7. The van der Waals surface area contributed by atoms with E-state index < -0.39 is 0 Å². The minimum atomic E-state index is -0.357. The van der Waals surface area contributed by atoms with Crippen LogP contribution in [0.4, 0.5) is 0 Å². The summed E-state index contributed by atoms with van der Waals surface area (Å²) in [7, 11) is -0.357. The third-order valence-electron chi connectivity index (χ3n) is 5.94. The van der Waals surface area contributed by atoms with Crippen molar-refractivity contribution in [3.05, 3.63) is 0 Å². The summed E-state index contributed by atoms with van der Waals surface area (Å²) < 4.78 is 6.36. The van der Waals surface area contributed by atoms with E-state index in [-0.39, 0.29) is 8.80 Å². The van der Waals surface area contributed by atoms with Crippen LogP contribution in [0.5, 0.6) is 0 Å². The molecule has 0 atom stereocenters. The standard InChI is InChI=1S/C18H36OSi/c1-3-5-9-14-20-15-10-17(11-16-20)18(19-4-2)12-7-6-8-13-18/h17,20H,3-16H2,1-2H3/t17-,20-. The maximum absolute atomic E-state index is 6.36. The van der Waals surface area contributed by atoms with Gasteiger partial charge in [-0.25, -0.2) is 0 Å². The van der Waals surface area contributed by atoms with Gasteiger partial charge < -0.3 is 4.74 Å². The zero-order chi connectivity index (χ0) is 14.3. The lowest BCUT2D eigenvalue weighted by Crippen LogP contribution is -2.45. The normalized spacial score (nSPS) is 30.3. The summed E-state index contributed by atoms with van der Waals surface area (Å²) in [5.41, 5.74) is 0.301. The van der Waals surface area contributed by atoms with E-state index in [9.17, 15) is 0 Å². The van der Waals surface area contributed by atoms with Gasteiger partial charge in [-0.2, -0.15) is 0 Å².